The van der Waals surface area contributed by atoms with E-state index in [2.05, 4.69) is 15.8 Å². The number of unbranched alkanes of at least 4 members (excludes halogenated alkanes) is 1. The summed E-state index contributed by atoms with van der Waals surface area (Å²) < 4.78 is 5.74. The first-order chi connectivity index (χ1) is 13.1. The number of carbonyl (C=O) groups excluding carboxylic acids is 2. The maximum absolute atomic E-state index is 11.6. The highest BCUT2D eigenvalue weighted by Crippen LogP contribution is 2.16. The number of benzene rings is 2. The van der Waals surface area contributed by atoms with E-state index < -0.39 is 11.8 Å². The molecule has 0 radical (unpaired) electrons. The second-order valence-electron chi connectivity index (χ2n) is 5.80. The van der Waals surface area contributed by atoms with E-state index in [1.165, 1.54) is 6.21 Å². The Morgan fingerprint density at radius 3 is 2.74 bits per heavy atom. The Labute approximate surface area is 163 Å². The number of hydrogen-bond acceptors (Lipinski definition) is 4. The van der Waals surface area contributed by atoms with Gasteiger partial charge in [0.15, 0.2) is 0 Å². The molecule has 0 aliphatic rings. The van der Waals surface area contributed by atoms with Crippen molar-refractivity contribution in [2.24, 2.45) is 5.10 Å². The molecule has 0 bridgehead atoms. The molecule has 2 N–H and O–H groups in total. The zero-order chi connectivity index (χ0) is 19.5. The van der Waals surface area contributed by atoms with Crippen LogP contribution in [0.1, 0.15) is 30.9 Å². The fourth-order valence-corrected chi connectivity index (χ4v) is 2.37. The fourth-order valence-electron chi connectivity index (χ4n) is 2.15. The molecule has 7 heteroatoms. The number of carbonyl (C=O) groups is 2. The van der Waals surface area contributed by atoms with Gasteiger partial charge in [0, 0.05) is 11.6 Å². The van der Waals surface area contributed by atoms with Crippen molar-refractivity contribution in [1.82, 2.24) is 10.7 Å². The molecule has 0 fully saturated rings. The molecule has 0 saturated carbocycles. The molecule has 2 aromatic rings. The van der Waals surface area contributed by atoms with Crippen molar-refractivity contribution in [3.05, 3.63) is 64.7 Å². The van der Waals surface area contributed by atoms with Crippen LogP contribution in [0.2, 0.25) is 5.02 Å². The Balaban J connectivity index is 1.84. The van der Waals surface area contributed by atoms with Crippen molar-refractivity contribution in [3.63, 3.8) is 0 Å². The molecular formula is C20H22ClN3O3. The van der Waals surface area contributed by atoms with Gasteiger partial charge in [-0.1, -0.05) is 49.2 Å². The van der Waals surface area contributed by atoms with Gasteiger partial charge in [-0.2, -0.15) is 5.10 Å². The van der Waals surface area contributed by atoms with E-state index in [-0.39, 0.29) is 0 Å². The average Bonchev–Trinajstić information content (AvgIpc) is 2.67. The van der Waals surface area contributed by atoms with Gasteiger partial charge in [0.05, 0.1) is 6.21 Å². The molecule has 0 unspecified atom stereocenters. The lowest BCUT2D eigenvalue weighted by molar-refractivity contribution is -0.139. The molecular weight excluding hydrogens is 366 g/mol. The van der Waals surface area contributed by atoms with Crippen LogP contribution in [0.5, 0.6) is 5.75 Å². The summed E-state index contributed by atoms with van der Waals surface area (Å²) in [7, 11) is 0. The number of hydrazone groups is 1. The minimum absolute atomic E-state index is 0.385. The third-order valence-corrected chi connectivity index (χ3v) is 3.79. The number of ether oxygens (including phenoxy) is 1. The highest BCUT2D eigenvalue weighted by molar-refractivity contribution is 6.35. The van der Waals surface area contributed by atoms with Crippen LogP contribution in [0.4, 0.5) is 0 Å². The summed E-state index contributed by atoms with van der Waals surface area (Å²) in [6, 6.07) is 14.7. The van der Waals surface area contributed by atoms with Crippen molar-refractivity contribution in [3.8, 4) is 5.75 Å². The Hall–Kier alpha value is -2.86. The summed E-state index contributed by atoms with van der Waals surface area (Å²) >= 11 is 5.96. The standard InChI is InChI=1S/C20H22ClN3O3/c1-2-3-10-22-19(25)20(26)24-23-13-15-6-5-9-18(12-15)27-14-16-7-4-8-17(21)11-16/h4-9,11-13H,2-3,10,14H2,1H3,(H,22,25)(H,24,26)/b23-13-. The number of rotatable bonds is 8. The largest absolute Gasteiger partial charge is 0.489 e. The van der Waals surface area contributed by atoms with Gasteiger partial charge in [-0.15, -0.1) is 0 Å². The minimum Gasteiger partial charge on any atom is -0.489 e. The van der Waals surface area contributed by atoms with Gasteiger partial charge in [-0.3, -0.25) is 9.59 Å². The van der Waals surface area contributed by atoms with E-state index >= 15 is 0 Å². The number of nitrogens with one attached hydrogen (secondary N) is 2. The Bertz CT molecular complexity index is 809. The van der Waals surface area contributed by atoms with E-state index in [9.17, 15) is 9.59 Å². The van der Waals surface area contributed by atoms with Crippen LogP contribution in [0.3, 0.4) is 0 Å². The molecule has 0 heterocycles. The predicted octanol–water partition coefficient (Wildman–Crippen LogP) is 3.29. The molecule has 2 rings (SSSR count). The Kier molecular flexibility index (Phi) is 8.32. The van der Waals surface area contributed by atoms with Gasteiger partial charge >= 0.3 is 11.8 Å². The van der Waals surface area contributed by atoms with E-state index in [0.717, 1.165) is 24.0 Å². The molecule has 0 aliphatic heterocycles. The van der Waals surface area contributed by atoms with Gasteiger partial charge in [0.25, 0.3) is 0 Å². The normalized spacial score (nSPS) is 10.6. The zero-order valence-corrected chi connectivity index (χ0v) is 15.8. The highest BCUT2D eigenvalue weighted by atomic mass is 35.5. The van der Waals surface area contributed by atoms with Crippen LogP contribution < -0.4 is 15.5 Å². The molecule has 2 amide bonds. The van der Waals surface area contributed by atoms with Crippen molar-refractivity contribution in [2.75, 3.05) is 6.54 Å². The maximum atomic E-state index is 11.6. The monoisotopic (exact) mass is 387 g/mol. The quantitative estimate of drug-likeness (QED) is 0.315. The molecule has 0 aliphatic carbocycles. The van der Waals surface area contributed by atoms with Crippen LogP contribution in [0, 0.1) is 0 Å². The van der Waals surface area contributed by atoms with Gasteiger partial charge in [-0.05, 0) is 41.8 Å². The molecule has 142 valence electrons. The second-order valence-corrected chi connectivity index (χ2v) is 6.24. The lowest BCUT2D eigenvalue weighted by atomic mass is 10.2. The lowest BCUT2D eigenvalue weighted by Gasteiger charge is -2.07. The number of nitrogens with zero attached hydrogens (tertiary/aromatic N) is 1. The Morgan fingerprint density at radius 1 is 1.15 bits per heavy atom. The molecule has 2 aromatic carbocycles. The predicted molar refractivity (Wildman–Crippen MR) is 106 cm³/mol. The summed E-state index contributed by atoms with van der Waals surface area (Å²) in [4.78, 5) is 23.1. The summed E-state index contributed by atoms with van der Waals surface area (Å²) in [6.07, 6.45) is 3.21. The van der Waals surface area contributed by atoms with Crippen molar-refractivity contribution < 1.29 is 14.3 Å². The van der Waals surface area contributed by atoms with Gasteiger partial charge in [0.1, 0.15) is 12.4 Å². The number of hydrogen-bond donors (Lipinski definition) is 2. The van der Waals surface area contributed by atoms with Crippen molar-refractivity contribution in [2.45, 2.75) is 26.4 Å². The molecule has 0 aromatic heterocycles. The molecule has 0 saturated heterocycles. The summed E-state index contributed by atoms with van der Waals surface area (Å²) in [5.74, 6) is -0.836. The van der Waals surface area contributed by atoms with Crippen LogP contribution >= 0.6 is 11.6 Å². The smallest absolute Gasteiger partial charge is 0.329 e. The fraction of sp³-hybridized carbons (Fsp3) is 0.250. The average molecular weight is 388 g/mol. The van der Waals surface area contributed by atoms with Crippen molar-refractivity contribution >= 4 is 29.6 Å². The second kappa shape index (κ2) is 11.0. The summed E-state index contributed by atoms with van der Waals surface area (Å²) in [5.41, 5.74) is 3.89. The molecule has 27 heavy (non-hydrogen) atoms. The number of halogens is 1. The maximum Gasteiger partial charge on any atom is 0.329 e. The first-order valence-corrected chi connectivity index (χ1v) is 9.05. The first-order valence-electron chi connectivity index (χ1n) is 8.67. The minimum atomic E-state index is -0.796. The summed E-state index contributed by atoms with van der Waals surface area (Å²) in [6.45, 7) is 2.86. The topological polar surface area (TPSA) is 79.8 Å². The van der Waals surface area contributed by atoms with Crippen LogP contribution in [-0.4, -0.2) is 24.6 Å². The Morgan fingerprint density at radius 2 is 1.96 bits per heavy atom. The van der Waals surface area contributed by atoms with Crippen LogP contribution in [0.25, 0.3) is 0 Å². The van der Waals surface area contributed by atoms with Gasteiger partial charge < -0.3 is 10.1 Å². The van der Waals surface area contributed by atoms with Crippen molar-refractivity contribution in [1.29, 1.82) is 0 Å². The third-order valence-electron chi connectivity index (χ3n) is 3.55. The number of amides is 2. The van der Waals surface area contributed by atoms with E-state index in [0.29, 0.717) is 23.9 Å². The summed E-state index contributed by atoms with van der Waals surface area (Å²) in [5, 5.41) is 6.99. The molecule has 0 spiro atoms. The van der Waals surface area contributed by atoms with E-state index in [4.69, 9.17) is 16.3 Å². The van der Waals surface area contributed by atoms with Gasteiger partial charge in [0.2, 0.25) is 0 Å². The van der Waals surface area contributed by atoms with Crippen LogP contribution in [0.15, 0.2) is 53.6 Å². The SMILES string of the molecule is CCCCNC(=O)C(=O)N/N=C\c1cccc(OCc2cccc(Cl)c2)c1. The zero-order valence-electron chi connectivity index (χ0n) is 15.1. The molecule has 6 nitrogen and oxygen atoms in total. The third kappa shape index (κ3) is 7.50. The molecule has 0 atom stereocenters. The van der Waals surface area contributed by atoms with Gasteiger partial charge in [-0.25, -0.2) is 5.43 Å². The van der Waals surface area contributed by atoms with E-state index in [1.54, 1.807) is 12.1 Å². The lowest BCUT2D eigenvalue weighted by Crippen LogP contribution is -2.38. The first kappa shape index (κ1) is 20.5. The van der Waals surface area contributed by atoms with E-state index in [1.807, 2.05) is 43.3 Å². The van der Waals surface area contributed by atoms with Crippen LogP contribution in [-0.2, 0) is 16.2 Å². The highest BCUT2D eigenvalue weighted by Gasteiger charge is 2.10.